The van der Waals surface area contributed by atoms with Gasteiger partial charge in [-0.05, 0) is 36.1 Å². The first kappa shape index (κ1) is 15.1. The molecule has 0 aliphatic carbocycles. The lowest BCUT2D eigenvalue weighted by Gasteiger charge is -2.13. The van der Waals surface area contributed by atoms with Gasteiger partial charge in [-0.2, -0.15) is 0 Å². The number of carbonyl (C=O) groups excluding carboxylic acids is 1. The van der Waals surface area contributed by atoms with Crippen LogP contribution in [0, 0.1) is 6.92 Å². The van der Waals surface area contributed by atoms with Crippen LogP contribution in [0.2, 0.25) is 0 Å². The third-order valence-electron chi connectivity index (χ3n) is 3.33. The molecule has 0 unspecified atom stereocenters. The Kier molecular flexibility index (Phi) is 5.38. The van der Waals surface area contributed by atoms with E-state index in [1.807, 2.05) is 49.4 Å². The summed E-state index contributed by atoms with van der Waals surface area (Å²) >= 11 is 0. The zero-order chi connectivity index (χ0) is 15.1. The highest BCUT2D eigenvalue weighted by atomic mass is 16.5. The zero-order valence-corrected chi connectivity index (χ0v) is 12.5. The topological polar surface area (TPSA) is 38.3 Å². The van der Waals surface area contributed by atoms with Gasteiger partial charge in [0.05, 0.1) is 0 Å². The van der Waals surface area contributed by atoms with E-state index in [2.05, 4.69) is 24.4 Å². The first-order chi connectivity index (χ1) is 10.1. The summed E-state index contributed by atoms with van der Waals surface area (Å²) in [6.07, 6.45) is 0. The molecule has 2 rings (SSSR count). The molecule has 110 valence electrons. The summed E-state index contributed by atoms with van der Waals surface area (Å²) in [5, 5.41) is 2.90. The molecule has 1 atom stereocenters. The number of rotatable bonds is 6. The van der Waals surface area contributed by atoms with Crippen LogP contribution in [0.25, 0.3) is 0 Å². The van der Waals surface area contributed by atoms with Gasteiger partial charge in [0.1, 0.15) is 5.75 Å². The molecule has 3 nitrogen and oxygen atoms in total. The lowest BCUT2D eigenvalue weighted by Crippen LogP contribution is -2.31. The van der Waals surface area contributed by atoms with E-state index in [1.165, 1.54) is 5.56 Å². The van der Waals surface area contributed by atoms with Crippen molar-refractivity contribution >= 4 is 5.91 Å². The van der Waals surface area contributed by atoms with Gasteiger partial charge in [-0.1, -0.05) is 49.4 Å². The van der Waals surface area contributed by atoms with E-state index in [9.17, 15) is 4.79 Å². The SMILES string of the molecule is Cc1cccc(OCC(=O)NC[C@@H](C)c2ccccc2)c1. The lowest BCUT2D eigenvalue weighted by molar-refractivity contribution is -0.123. The lowest BCUT2D eigenvalue weighted by atomic mass is 10.0. The molecule has 0 aliphatic heterocycles. The van der Waals surface area contributed by atoms with Crippen molar-refractivity contribution in [1.82, 2.24) is 5.32 Å². The normalized spacial score (nSPS) is 11.7. The van der Waals surface area contributed by atoms with E-state index in [0.29, 0.717) is 6.54 Å². The summed E-state index contributed by atoms with van der Waals surface area (Å²) in [7, 11) is 0. The van der Waals surface area contributed by atoms with Crippen molar-refractivity contribution in [3.05, 3.63) is 65.7 Å². The van der Waals surface area contributed by atoms with Gasteiger partial charge in [0.25, 0.3) is 5.91 Å². The van der Waals surface area contributed by atoms with Gasteiger partial charge < -0.3 is 10.1 Å². The van der Waals surface area contributed by atoms with E-state index in [-0.39, 0.29) is 18.4 Å². The highest BCUT2D eigenvalue weighted by Gasteiger charge is 2.08. The van der Waals surface area contributed by atoms with Crippen molar-refractivity contribution in [2.24, 2.45) is 0 Å². The fraction of sp³-hybridized carbons (Fsp3) is 0.278. The van der Waals surface area contributed by atoms with Crippen LogP contribution in [-0.4, -0.2) is 19.1 Å². The average Bonchev–Trinajstić information content (AvgIpc) is 2.51. The summed E-state index contributed by atoms with van der Waals surface area (Å²) in [5.41, 5.74) is 2.34. The number of carbonyl (C=O) groups is 1. The third kappa shape index (κ3) is 4.95. The van der Waals surface area contributed by atoms with Crippen molar-refractivity contribution in [1.29, 1.82) is 0 Å². The maximum absolute atomic E-state index is 11.8. The summed E-state index contributed by atoms with van der Waals surface area (Å²) in [4.78, 5) is 11.8. The van der Waals surface area contributed by atoms with Gasteiger partial charge in [0, 0.05) is 6.54 Å². The first-order valence-electron chi connectivity index (χ1n) is 7.16. The van der Waals surface area contributed by atoms with Gasteiger partial charge in [0.2, 0.25) is 0 Å². The molecule has 0 fully saturated rings. The molecule has 0 bridgehead atoms. The minimum absolute atomic E-state index is 0.0466. The maximum Gasteiger partial charge on any atom is 0.257 e. The molecule has 0 spiro atoms. The van der Waals surface area contributed by atoms with Crippen LogP contribution in [0.4, 0.5) is 0 Å². The van der Waals surface area contributed by atoms with Crippen LogP contribution in [0.1, 0.15) is 24.0 Å². The number of nitrogens with one attached hydrogen (secondary N) is 1. The van der Waals surface area contributed by atoms with E-state index in [0.717, 1.165) is 11.3 Å². The molecule has 3 heteroatoms. The second-order valence-electron chi connectivity index (χ2n) is 5.22. The van der Waals surface area contributed by atoms with Gasteiger partial charge in [-0.25, -0.2) is 0 Å². The van der Waals surface area contributed by atoms with Crippen LogP contribution in [0.15, 0.2) is 54.6 Å². The van der Waals surface area contributed by atoms with Crippen molar-refractivity contribution in [3.63, 3.8) is 0 Å². The predicted octanol–water partition coefficient (Wildman–Crippen LogP) is 3.29. The molecule has 21 heavy (non-hydrogen) atoms. The Morgan fingerprint density at radius 2 is 1.90 bits per heavy atom. The fourth-order valence-electron chi connectivity index (χ4n) is 2.07. The standard InChI is InChI=1S/C18H21NO2/c1-14-7-6-10-17(11-14)21-13-18(20)19-12-15(2)16-8-4-3-5-9-16/h3-11,15H,12-13H2,1-2H3,(H,19,20)/t15-/m1/s1. The third-order valence-corrected chi connectivity index (χ3v) is 3.33. The predicted molar refractivity (Wildman–Crippen MR) is 84.5 cm³/mol. The van der Waals surface area contributed by atoms with Gasteiger partial charge >= 0.3 is 0 Å². The minimum atomic E-state index is -0.0979. The summed E-state index contributed by atoms with van der Waals surface area (Å²) in [6.45, 7) is 4.75. The second-order valence-corrected chi connectivity index (χ2v) is 5.22. The molecule has 1 amide bonds. The van der Waals surface area contributed by atoms with Crippen LogP contribution in [0.3, 0.4) is 0 Å². The number of hydrogen-bond acceptors (Lipinski definition) is 2. The molecule has 0 heterocycles. The number of ether oxygens (including phenoxy) is 1. The smallest absolute Gasteiger partial charge is 0.257 e. The van der Waals surface area contributed by atoms with E-state index >= 15 is 0 Å². The maximum atomic E-state index is 11.8. The molecule has 0 saturated carbocycles. The molecule has 0 saturated heterocycles. The molecular formula is C18H21NO2. The van der Waals surface area contributed by atoms with Crippen LogP contribution >= 0.6 is 0 Å². The van der Waals surface area contributed by atoms with Gasteiger partial charge in [-0.15, -0.1) is 0 Å². The quantitative estimate of drug-likeness (QED) is 0.883. The van der Waals surface area contributed by atoms with E-state index in [4.69, 9.17) is 4.74 Å². The Labute approximate surface area is 126 Å². The van der Waals surface area contributed by atoms with Crippen molar-refractivity contribution < 1.29 is 9.53 Å². The number of hydrogen-bond donors (Lipinski definition) is 1. The largest absolute Gasteiger partial charge is 0.484 e. The Morgan fingerprint density at radius 1 is 1.14 bits per heavy atom. The Bertz CT molecular complexity index is 581. The Balaban J connectivity index is 1.75. The zero-order valence-electron chi connectivity index (χ0n) is 12.5. The average molecular weight is 283 g/mol. The molecule has 0 aliphatic rings. The molecule has 2 aromatic rings. The Morgan fingerprint density at radius 3 is 2.62 bits per heavy atom. The molecular weight excluding hydrogens is 262 g/mol. The molecule has 2 aromatic carbocycles. The van der Waals surface area contributed by atoms with Crippen LogP contribution < -0.4 is 10.1 Å². The second kappa shape index (κ2) is 7.48. The van der Waals surface area contributed by atoms with E-state index in [1.54, 1.807) is 0 Å². The first-order valence-corrected chi connectivity index (χ1v) is 7.16. The number of benzene rings is 2. The van der Waals surface area contributed by atoms with E-state index < -0.39 is 0 Å². The van der Waals surface area contributed by atoms with Crippen LogP contribution in [-0.2, 0) is 4.79 Å². The highest BCUT2D eigenvalue weighted by Crippen LogP contribution is 2.13. The van der Waals surface area contributed by atoms with Crippen molar-refractivity contribution in [3.8, 4) is 5.75 Å². The van der Waals surface area contributed by atoms with Crippen LogP contribution in [0.5, 0.6) is 5.75 Å². The summed E-state index contributed by atoms with van der Waals surface area (Å²) < 4.78 is 5.47. The number of amides is 1. The van der Waals surface area contributed by atoms with Gasteiger partial charge in [-0.3, -0.25) is 4.79 Å². The summed E-state index contributed by atoms with van der Waals surface area (Å²) in [6, 6.07) is 17.8. The van der Waals surface area contributed by atoms with Gasteiger partial charge in [0.15, 0.2) is 6.61 Å². The van der Waals surface area contributed by atoms with Crippen molar-refractivity contribution in [2.45, 2.75) is 19.8 Å². The minimum Gasteiger partial charge on any atom is -0.484 e. The highest BCUT2D eigenvalue weighted by molar-refractivity contribution is 5.77. The number of aryl methyl sites for hydroxylation is 1. The molecule has 1 N–H and O–H groups in total. The molecule has 0 aromatic heterocycles. The van der Waals surface area contributed by atoms with Crippen molar-refractivity contribution in [2.75, 3.05) is 13.2 Å². The monoisotopic (exact) mass is 283 g/mol. The molecule has 0 radical (unpaired) electrons. The fourth-order valence-corrected chi connectivity index (χ4v) is 2.07. The summed E-state index contributed by atoms with van der Waals surface area (Å²) in [5.74, 6) is 0.912. The Hall–Kier alpha value is -2.29.